The highest BCUT2D eigenvalue weighted by molar-refractivity contribution is 4.89. The van der Waals surface area contributed by atoms with Gasteiger partial charge in [0.05, 0.1) is 6.54 Å². The summed E-state index contributed by atoms with van der Waals surface area (Å²) in [5, 5.41) is 8.11. The molecule has 0 bridgehead atoms. The van der Waals surface area contributed by atoms with Gasteiger partial charge in [0.15, 0.2) is 0 Å². The first-order valence-corrected chi connectivity index (χ1v) is 8.55. The highest BCUT2D eigenvalue weighted by Gasteiger charge is 2.30. The topological polar surface area (TPSA) is 33.1 Å². The van der Waals surface area contributed by atoms with Crippen molar-refractivity contribution in [1.29, 1.82) is 0 Å². The Bertz CT molecular complexity index is 388. The van der Waals surface area contributed by atoms with Crippen LogP contribution in [0.15, 0.2) is 18.5 Å². The number of hydrogen-bond acceptors (Lipinski definition) is 3. The average Bonchev–Trinajstić information content (AvgIpc) is 2.97. The van der Waals surface area contributed by atoms with Gasteiger partial charge in [0.1, 0.15) is 0 Å². The van der Waals surface area contributed by atoms with Crippen molar-refractivity contribution in [3.05, 3.63) is 18.5 Å². The minimum absolute atomic E-state index is 0.642. The molecule has 2 rings (SSSR count). The van der Waals surface area contributed by atoms with Crippen LogP contribution in [-0.2, 0) is 6.54 Å². The Morgan fingerprint density at radius 2 is 2.10 bits per heavy atom. The zero-order valence-corrected chi connectivity index (χ0v) is 14.1. The first kappa shape index (κ1) is 16.5. The van der Waals surface area contributed by atoms with Gasteiger partial charge in [0.25, 0.3) is 0 Å². The minimum atomic E-state index is 0.642. The van der Waals surface area contributed by atoms with Gasteiger partial charge in [-0.25, -0.2) is 0 Å². The van der Waals surface area contributed by atoms with Gasteiger partial charge in [-0.3, -0.25) is 9.58 Å². The van der Waals surface area contributed by atoms with E-state index < -0.39 is 0 Å². The fourth-order valence-electron chi connectivity index (χ4n) is 3.38. The first-order valence-electron chi connectivity index (χ1n) is 8.55. The Kier molecular flexibility index (Phi) is 6.24. The Morgan fingerprint density at radius 1 is 1.29 bits per heavy atom. The maximum atomic E-state index is 4.33. The lowest BCUT2D eigenvalue weighted by Crippen LogP contribution is -2.59. The number of aromatic nitrogens is 2. The number of piperazine rings is 1. The first-order chi connectivity index (χ1) is 10.1. The second-order valence-electron chi connectivity index (χ2n) is 6.95. The van der Waals surface area contributed by atoms with E-state index in [1.165, 1.54) is 19.4 Å². The lowest BCUT2D eigenvalue weighted by molar-refractivity contribution is 0.0812. The molecule has 3 atom stereocenters. The predicted molar refractivity (Wildman–Crippen MR) is 88.3 cm³/mol. The third-order valence-corrected chi connectivity index (χ3v) is 4.77. The van der Waals surface area contributed by atoms with Crippen molar-refractivity contribution in [2.75, 3.05) is 19.6 Å². The summed E-state index contributed by atoms with van der Waals surface area (Å²) in [6, 6.07) is 3.31. The quantitative estimate of drug-likeness (QED) is 0.838. The minimum Gasteiger partial charge on any atom is -0.311 e. The molecule has 1 saturated heterocycles. The molecule has 1 fully saturated rings. The SMILES string of the molecule is CCC(C)C1CNC(CC(C)C)CN1CCn1cccn1. The van der Waals surface area contributed by atoms with Gasteiger partial charge in [-0.2, -0.15) is 5.10 Å². The molecule has 0 saturated carbocycles. The number of nitrogens with one attached hydrogen (secondary N) is 1. The van der Waals surface area contributed by atoms with Crippen LogP contribution in [-0.4, -0.2) is 46.4 Å². The Hall–Kier alpha value is -0.870. The Labute approximate surface area is 129 Å². The summed E-state index contributed by atoms with van der Waals surface area (Å²) in [6.45, 7) is 13.7. The second kappa shape index (κ2) is 7.95. The lowest BCUT2D eigenvalue weighted by Gasteiger charge is -2.43. The molecule has 1 aliphatic rings. The average molecular weight is 292 g/mol. The molecular formula is C17H32N4. The molecule has 3 unspecified atom stereocenters. The molecule has 0 aromatic carbocycles. The number of hydrogen-bond donors (Lipinski definition) is 1. The number of nitrogens with zero attached hydrogens (tertiary/aromatic N) is 3. The second-order valence-corrected chi connectivity index (χ2v) is 6.95. The Balaban J connectivity index is 1.94. The maximum absolute atomic E-state index is 4.33. The molecule has 2 heterocycles. The van der Waals surface area contributed by atoms with Gasteiger partial charge in [0, 0.05) is 44.1 Å². The summed E-state index contributed by atoms with van der Waals surface area (Å²) in [6.07, 6.45) is 6.45. The Morgan fingerprint density at radius 3 is 2.71 bits per heavy atom. The van der Waals surface area contributed by atoms with E-state index in [1.54, 1.807) is 0 Å². The van der Waals surface area contributed by atoms with E-state index >= 15 is 0 Å². The van der Waals surface area contributed by atoms with Gasteiger partial charge in [-0.15, -0.1) is 0 Å². The summed E-state index contributed by atoms with van der Waals surface area (Å²) in [5.41, 5.74) is 0. The third kappa shape index (κ3) is 4.82. The number of rotatable bonds is 7. The van der Waals surface area contributed by atoms with Crippen LogP contribution in [0.2, 0.25) is 0 Å². The third-order valence-electron chi connectivity index (χ3n) is 4.77. The predicted octanol–water partition coefficient (Wildman–Crippen LogP) is 2.62. The van der Waals surface area contributed by atoms with E-state index in [2.05, 4.69) is 49.2 Å². The lowest BCUT2D eigenvalue weighted by atomic mass is 9.92. The van der Waals surface area contributed by atoms with Crippen molar-refractivity contribution < 1.29 is 0 Å². The molecule has 0 amide bonds. The van der Waals surface area contributed by atoms with Crippen molar-refractivity contribution in [3.63, 3.8) is 0 Å². The summed E-state index contributed by atoms with van der Waals surface area (Å²) >= 11 is 0. The van der Waals surface area contributed by atoms with Crippen molar-refractivity contribution in [2.45, 2.75) is 59.2 Å². The zero-order chi connectivity index (χ0) is 15.2. The standard InChI is InChI=1S/C17H32N4/c1-5-15(4)17-12-18-16(11-14(2)3)13-20(17)9-10-21-8-6-7-19-21/h6-8,14-18H,5,9-13H2,1-4H3. The van der Waals surface area contributed by atoms with E-state index in [0.717, 1.165) is 31.5 Å². The van der Waals surface area contributed by atoms with Crippen LogP contribution in [0.25, 0.3) is 0 Å². The van der Waals surface area contributed by atoms with Crippen molar-refractivity contribution in [1.82, 2.24) is 20.0 Å². The molecule has 0 aliphatic carbocycles. The summed E-state index contributed by atoms with van der Waals surface area (Å²) in [4.78, 5) is 2.69. The summed E-state index contributed by atoms with van der Waals surface area (Å²) in [5.74, 6) is 1.51. The molecule has 1 aromatic rings. The molecule has 1 aliphatic heterocycles. The molecule has 21 heavy (non-hydrogen) atoms. The molecule has 1 aromatic heterocycles. The molecule has 120 valence electrons. The van der Waals surface area contributed by atoms with Gasteiger partial charge >= 0.3 is 0 Å². The van der Waals surface area contributed by atoms with Crippen LogP contribution >= 0.6 is 0 Å². The summed E-state index contributed by atoms with van der Waals surface area (Å²) < 4.78 is 2.05. The van der Waals surface area contributed by atoms with Crippen LogP contribution in [0.3, 0.4) is 0 Å². The van der Waals surface area contributed by atoms with Crippen LogP contribution in [0, 0.1) is 11.8 Å². The smallest absolute Gasteiger partial charge is 0.0536 e. The van der Waals surface area contributed by atoms with E-state index in [4.69, 9.17) is 0 Å². The van der Waals surface area contributed by atoms with Crippen LogP contribution < -0.4 is 5.32 Å². The largest absolute Gasteiger partial charge is 0.311 e. The van der Waals surface area contributed by atoms with Crippen LogP contribution in [0.5, 0.6) is 0 Å². The molecule has 0 radical (unpaired) electrons. The molecule has 1 N–H and O–H groups in total. The fourth-order valence-corrected chi connectivity index (χ4v) is 3.38. The molecule has 4 nitrogen and oxygen atoms in total. The van der Waals surface area contributed by atoms with Crippen LogP contribution in [0.4, 0.5) is 0 Å². The summed E-state index contributed by atoms with van der Waals surface area (Å²) in [7, 11) is 0. The van der Waals surface area contributed by atoms with Crippen molar-refractivity contribution in [2.24, 2.45) is 11.8 Å². The monoisotopic (exact) mass is 292 g/mol. The van der Waals surface area contributed by atoms with Gasteiger partial charge in [0.2, 0.25) is 0 Å². The van der Waals surface area contributed by atoms with Crippen LogP contribution in [0.1, 0.15) is 40.5 Å². The van der Waals surface area contributed by atoms with E-state index in [1.807, 2.05) is 16.9 Å². The van der Waals surface area contributed by atoms with Crippen molar-refractivity contribution >= 4 is 0 Å². The highest BCUT2D eigenvalue weighted by Crippen LogP contribution is 2.20. The molecule has 0 spiro atoms. The van der Waals surface area contributed by atoms with E-state index in [0.29, 0.717) is 12.1 Å². The highest BCUT2D eigenvalue weighted by atomic mass is 15.3. The van der Waals surface area contributed by atoms with Gasteiger partial charge < -0.3 is 5.32 Å². The molecule has 4 heteroatoms. The zero-order valence-electron chi connectivity index (χ0n) is 14.1. The van der Waals surface area contributed by atoms with Gasteiger partial charge in [-0.05, 0) is 24.3 Å². The maximum Gasteiger partial charge on any atom is 0.0536 e. The van der Waals surface area contributed by atoms with Crippen molar-refractivity contribution in [3.8, 4) is 0 Å². The fraction of sp³-hybridized carbons (Fsp3) is 0.824. The molecular weight excluding hydrogens is 260 g/mol. The van der Waals surface area contributed by atoms with Gasteiger partial charge in [-0.1, -0.05) is 34.1 Å². The normalized spacial score (nSPS) is 25.4. The van der Waals surface area contributed by atoms with E-state index in [-0.39, 0.29) is 0 Å². The van der Waals surface area contributed by atoms with E-state index in [9.17, 15) is 0 Å².